The molecule has 0 amide bonds. The highest BCUT2D eigenvalue weighted by molar-refractivity contribution is 7.98. The van der Waals surface area contributed by atoms with Crippen molar-refractivity contribution >= 4 is 40.0 Å². The second-order valence-electron chi connectivity index (χ2n) is 5.04. The van der Waals surface area contributed by atoms with Crippen molar-refractivity contribution in [2.24, 2.45) is 0 Å². The number of non-ortho nitro benzene ring substituents is 1. The number of pyridine rings is 1. The average Bonchev–Trinajstić information content (AvgIpc) is 2.59. The van der Waals surface area contributed by atoms with Gasteiger partial charge in [-0.2, -0.15) is 0 Å². The van der Waals surface area contributed by atoms with E-state index in [-0.39, 0.29) is 12.3 Å². The first-order valence-electron chi connectivity index (χ1n) is 7.07. The highest BCUT2D eigenvalue weighted by atomic mass is 35.5. The van der Waals surface area contributed by atoms with E-state index in [2.05, 4.69) is 4.98 Å². The van der Waals surface area contributed by atoms with E-state index in [1.54, 1.807) is 23.9 Å². The van der Waals surface area contributed by atoms with Crippen molar-refractivity contribution in [3.8, 4) is 5.75 Å². The molecule has 0 N–H and O–H groups in total. The summed E-state index contributed by atoms with van der Waals surface area (Å²) < 4.78 is 5.65. The summed E-state index contributed by atoms with van der Waals surface area (Å²) in [5.74, 6) is 0.537. The number of halogens is 1. The Morgan fingerprint density at radius 3 is 2.62 bits per heavy atom. The summed E-state index contributed by atoms with van der Waals surface area (Å²) in [6.07, 6.45) is 2.01. The molecule has 0 atom stereocenters. The van der Waals surface area contributed by atoms with Crippen LogP contribution >= 0.6 is 23.4 Å². The molecule has 3 rings (SSSR count). The molecular formula is C17H13ClN2O3S. The number of ether oxygens (including phenoxy) is 1. The lowest BCUT2D eigenvalue weighted by molar-refractivity contribution is -0.384. The molecule has 0 aliphatic rings. The number of aromatic nitrogens is 1. The fraction of sp³-hybridized carbons (Fsp3) is 0.118. The van der Waals surface area contributed by atoms with Crippen LogP contribution in [0.25, 0.3) is 10.9 Å². The Hall–Kier alpha value is -2.31. The van der Waals surface area contributed by atoms with E-state index in [1.165, 1.54) is 12.1 Å². The topological polar surface area (TPSA) is 65.3 Å². The Labute approximate surface area is 147 Å². The lowest BCUT2D eigenvalue weighted by Crippen LogP contribution is -1.98. The number of benzene rings is 2. The van der Waals surface area contributed by atoms with Gasteiger partial charge in [0.2, 0.25) is 0 Å². The van der Waals surface area contributed by atoms with Gasteiger partial charge < -0.3 is 4.74 Å². The molecule has 0 saturated carbocycles. The standard InChI is InChI=1S/C17H13ClN2O3S/c1-24-15-7-2-11-8-12(17(18)19-16(11)9-15)10-23-14-5-3-13(4-6-14)20(21)22/h2-9H,10H2,1H3. The van der Waals surface area contributed by atoms with Gasteiger partial charge in [0.15, 0.2) is 0 Å². The molecule has 1 heterocycles. The monoisotopic (exact) mass is 360 g/mol. The molecule has 7 heteroatoms. The summed E-state index contributed by atoms with van der Waals surface area (Å²) in [5, 5.41) is 12.0. The zero-order chi connectivity index (χ0) is 17.1. The molecule has 0 radical (unpaired) electrons. The molecule has 122 valence electrons. The number of nitrogens with zero attached hydrogens (tertiary/aromatic N) is 2. The van der Waals surface area contributed by atoms with Crippen molar-refractivity contribution in [3.63, 3.8) is 0 Å². The molecule has 24 heavy (non-hydrogen) atoms. The van der Waals surface area contributed by atoms with Crippen molar-refractivity contribution in [3.05, 3.63) is 69.4 Å². The van der Waals surface area contributed by atoms with Gasteiger partial charge in [-0.25, -0.2) is 4.98 Å². The van der Waals surface area contributed by atoms with E-state index < -0.39 is 4.92 Å². The minimum Gasteiger partial charge on any atom is -0.489 e. The third-order valence-electron chi connectivity index (χ3n) is 3.49. The van der Waals surface area contributed by atoms with Crippen molar-refractivity contribution in [1.29, 1.82) is 0 Å². The van der Waals surface area contributed by atoms with Gasteiger partial charge >= 0.3 is 0 Å². The summed E-state index contributed by atoms with van der Waals surface area (Å²) in [6.45, 7) is 0.240. The molecule has 0 aliphatic carbocycles. The van der Waals surface area contributed by atoms with Crippen LogP contribution in [0.2, 0.25) is 5.15 Å². The van der Waals surface area contributed by atoms with Gasteiger partial charge in [-0.15, -0.1) is 11.8 Å². The van der Waals surface area contributed by atoms with Crippen LogP contribution < -0.4 is 4.74 Å². The quantitative estimate of drug-likeness (QED) is 0.274. The molecule has 0 spiro atoms. The van der Waals surface area contributed by atoms with E-state index in [0.29, 0.717) is 10.9 Å². The van der Waals surface area contributed by atoms with Gasteiger partial charge in [-0.1, -0.05) is 17.7 Å². The fourth-order valence-corrected chi connectivity index (χ4v) is 2.85. The zero-order valence-electron chi connectivity index (χ0n) is 12.7. The van der Waals surface area contributed by atoms with Crippen LogP contribution in [0.1, 0.15) is 5.56 Å². The number of fused-ring (bicyclic) bond motifs is 1. The van der Waals surface area contributed by atoms with Crippen LogP contribution in [0.15, 0.2) is 53.4 Å². The number of nitro benzene ring substituents is 1. The first kappa shape index (κ1) is 16.5. The molecule has 0 saturated heterocycles. The first-order valence-corrected chi connectivity index (χ1v) is 8.67. The van der Waals surface area contributed by atoms with Gasteiger partial charge in [0.25, 0.3) is 5.69 Å². The molecular weight excluding hydrogens is 348 g/mol. The van der Waals surface area contributed by atoms with Gasteiger partial charge in [-0.05, 0) is 36.6 Å². The fourth-order valence-electron chi connectivity index (χ4n) is 2.22. The maximum Gasteiger partial charge on any atom is 0.269 e. The number of thioether (sulfide) groups is 1. The van der Waals surface area contributed by atoms with Gasteiger partial charge in [-0.3, -0.25) is 10.1 Å². The summed E-state index contributed by atoms with van der Waals surface area (Å²) in [5.41, 5.74) is 1.63. The summed E-state index contributed by atoms with van der Waals surface area (Å²) in [6, 6.07) is 13.9. The normalized spacial score (nSPS) is 10.8. The van der Waals surface area contributed by atoms with E-state index in [1.807, 2.05) is 30.5 Å². The predicted octanol–water partition coefficient (Wildman–Crippen LogP) is 5.10. The van der Waals surface area contributed by atoms with E-state index in [0.717, 1.165) is 21.4 Å². The largest absolute Gasteiger partial charge is 0.489 e. The smallest absolute Gasteiger partial charge is 0.269 e. The van der Waals surface area contributed by atoms with Crippen LogP contribution in [0.3, 0.4) is 0 Å². The Morgan fingerprint density at radius 2 is 1.96 bits per heavy atom. The van der Waals surface area contributed by atoms with Gasteiger partial charge in [0.1, 0.15) is 17.5 Å². The number of hydrogen-bond acceptors (Lipinski definition) is 5. The summed E-state index contributed by atoms with van der Waals surface area (Å²) >= 11 is 7.89. The van der Waals surface area contributed by atoms with Crippen LogP contribution in [0.5, 0.6) is 5.75 Å². The molecule has 3 aromatic rings. The Balaban J connectivity index is 1.79. The van der Waals surface area contributed by atoms with Crippen LogP contribution in [-0.4, -0.2) is 16.2 Å². The lowest BCUT2D eigenvalue weighted by Gasteiger charge is -2.09. The molecule has 0 aliphatic heterocycles. The van der Waals surface area contributed by atoms with E-state index in [9.17, 15) is 10.1 Å². The number of rotatable bonds is 5. The van der Waals surface area contributed by atoms with Gasteiger partial charge in [0.05, 0.1) is 10.4 Å². The number of hydrogen-bond donors (Lipinski definition) is 0. The molecule has 0 unspecified atom stereocenters. The maximum absolute atomic E-state index is 10.6. The van der Waals surface area contributed by atoms with Crippen LogP contribution in [-0.2, 0) is 6.61 Å². The minimum atomic E-state index is -0.448. The first-order chi connectivity index (χ1) is 11.6. The minimum absolute atomic E-state index is 0.0253. The highest BCUT2D eigenvalue weighted by Crippen LogP contribution is 2.26. The van der Waals surface area contributed by atoms with E-state index >= 15 is 0 Å². The molecule has 2 aromatic carbocycles. The van der Waals surface area contributed by atoms with Gasteiger partial charge in [0, 0.05) is 28.0 Å². The third kappa shape index (κ3) is 3.60. The summed E-state index contributed by atoms with van der Waals surface area (Å²) in [7, 11) is 0. The van der Waals surface area contributed by atoms with Crippen LogP contribution in [0, 0.1) is 10.1 Å². The molecule has 0 fully saturated rings. The predicted molar refractivity (Wildman–Crippen MR) is 96.0 cm³/mol. The number of nitro groups is 1. The highest BCUT2D eigenvalue weighted by Gasteiger charge is 2.08. The summed E-state index contributed by atoms with van der Waals surface area (Å²) in [4.78, 5) is 15.7. The van der Waals surface area contributed by atoms with Crippen molar-refractivity contribution in [1.82, 2.24) is 4.98 Å². The Kier molecular flexibility index (Phi) is 4.87. The van der Waals surface area contributed by atoms with Crippen molar-refractivity contribution < 1.29 is 9.66 Å². The Bertz CT molecular complexity index is 900. The second-order valence-corrected chi connectivity index (χ2v) is 6.27. The van der Waals surface area contributed by atoms with Crippen molar-refractivity contribution in [2.75, 3.05) is 6.26 Å². The van der Waals surface area contributed by atoms with Crippen molar-refractivity contribution in [2.45, 2.75) is 11.5 Å². The molecule has 0 bridgehead atoms. The second kappa shape index (κ2) is 7.07. The maximum atomic E-state index is 10.6. The molecule has 5 nitrogen and oxygen atoms in total. The Morgan fingerprint density at radius 1 is 1.21 bits per heavy atom. The SMILES string of the molecule is CSc1ccc2cc(COc3ccc([N+](=O)[O-])cc3)c(Cl)nc2c1. The average molecular weight is 361 g/mol. The zero-order valence-corrected chi connectivity index (χ0v) is 14.3. The molecule has 1 aromatic heterocycles. The third-order valence-corrected chi connectivity index (χ3v) is 4.55. The van der Waals surface area contributed by atoms with E-state index in [4.69, 9.17) is 16.3 Å². The lowest BCUT2D eigenvalue weighted by atomic mass is 10.1. The van der Waals surface area contributed by atoms with Crippen LogP contribution in [0.4, 0.5) is 5.69 Å².